The maximum atomic E-state index is 4.23. The van der Waals surface area contributed by atoms with Crippen molar-refractivity contribution in [2.75, 3.05) is 20.1 Å². The highest BCUT2D eigenvalue weighted by molar-refractivity contribution is 7.10. The number of hydrogen-bond acceptors (Lipinski definition) is 3. The van der Waals surface area contributed by atoms with Crippen LogP contribution in [0, 0.1) is 0 Å². The maximum absolute atomic E-state index is 4.23. The Balaban J connectivity index is 1.70. The lowest BCUT2D eigenvalue weighted by Gasteiger charge is -2.15. The number of thiophene rings is 1. The van der Waals surface area contributed by atoms with Gasteiger partial charge in [0.05, 0.1) is 6.33 Å². The largest absolute Gasteiger partial charge is 0.356 e. The molecule has 0 aromatic carbocycles. The molecule has 0 amide bonds. The van der Waals surface area contributed by atoms with Gasteiger partial charge >= 0.3 is 0 Å². The summed E-state index contributed by atoms with van der Waals surface area (Å²) in [4.78, 5) is 9.65. The third-order valence-corrected chi connectivity index (χ3v) is 4.15. The summed E-state index contributed by atoms with van der Waals surface area (Å²) in [6.07, 6.45) is 5.56. The zero-order valence-corrected chi connectivity index (χ0v) is 12.7. The van der Waals surface area contributed by atoms with Crippen molar-refractivity contribution in [1.29, 1.82) is 0 Å². The van der Waals surface area contributed by atoms with Crippen LogP contribution in [0.25, 0.3) is 0 Å². The van der Waals surface area contributed by atoms with Gasteiger partial charge in [-0.2, -0.15) is 0 Å². The summed E-state index contributed by atoms with van der Waals surface area (Å²) in [6.45, 7) is 4.80. The molecule has 0 radical (unpaired) electrons. The summed E-state index contributed by atoms with van der Waals surface area (Å²) < 4.78 is 2.04. The fourth-order valence-corrected chi connectivity index (χ4v) is 2.65. The molecule has 6 heteroatoms. The van der Waals surface area contributed by atoms with Crippen molar-refractivity contribution in [3.8, 4) is 0 Å². The summed E-state index contributed by atoms with van der Waals surface area (Å²) in [6, 6.07) is 4.26. The molecule has 2 rings (SSSR count). The predicted molar refractivity (Wildman–Crippen MR) is 84.3 cm³/mol. The monoisotopic (exact) mass is 291 g/mol. The molecular formula is C14H21N5S. The van der Waals surface area contributed by atoms with Gasteiger partial charge in [-0.3, -0.25) is 4.99 Å². The lowest BCUT2D eigenvalue weighted by atomic mass is 10.1. The van der Waals surface area contributed by atoms with Gasteiger partial charge in [0.1, 0.15) is 0 Å². The summed E-state index contributed by atoms with van der Waals surface area (Å²) in [5.74, 6) is 1.33. The number of nitrogens with zero attached hydrogens (tertiary/aromatic N) is 3. The van der Waals surface area contributed by atoms with Gasteiger partial charge in [0.15, 0.2) is 5.96 Å². The van der Waals surface area contributed by atoms with Crippen molar-refractivity contribution in [2.45, 2.75) is 19.4 Å². The summed E-state index contributed by atoms with van der Waals surface area (Å²) >= 11 is 1.80. The van der Waals surface area contributed by atoms with E-state index in [0.29, 0.717) is 5.92 Å². The van der Waals surface area contributed by atoms with Crippen molar-refractivity contribution in [2.24, 2.45) is 4.99 Å². The van der Waals surface area contributed by atoms with Crippen LogP contribution < -0.4 is 10.6 Å². The van der Waals surface area contributed by atoms with Gasteiger partial charge in [-0.15, -0.1) is 11.3 Å². The van der Waals surface area contributed by atoms with Gasteiger partial charge in [0, 0.05) is 49.9 Å². The first kappa shape index (κ1) is 14.6. The molecule has 0 saturated carbocycles. The Bertz CT molecular complexity index is 504. The summed E-state index contributed by atoms with van der Waals surface area (Å²) in [5, 5.41) is 8.78. The maximum Gasteiger partial charge on any atom is 0.191 e. The Morgan fingerprint density at radius 1 is 1.50 bits per heavy atom. The van der Waals surface area contributed by atoms with Crippen LogP contribution in [0.2, 0.25) is 0 Å². The Kier molecular flexibility index (Phi) is 5.61. The van der Waals surface area contributed by atoms with Gasteiger partial charge in [0.25, 0.3) is 0 Å². The third kappa shape index (κ3) is 4.38. The van der Waals surface area contributed by atoms with Crippen LogP contribution in [0.15, 0.2) is 41.2 Å². The number of rotatable bonds is 6. The van der Waals surface area contributed by atoms with E-state index in [1.165, 1.54) is 4.88 Å². The molecule has 1 atom stereocenters. The minimum absolute atomic E-state index is 0.488. The van der Waals surface area contributed by atoms with E-state index in [9.17, 15) is 0 Å². The van der Waals surface area contributed by atoms with Crippen molar-refractivity contribution in [3.05, 3.63) is 41.1 Å². The molecule has 0 aliphatic heterocycles. The fraction of sp³-hybridized carbons (Fsp3) is 0.429. The van der Waals surface area contributed by atoms with E-state index in [1.807, 2.05) is 17.1 Å². The molecule has 0 aliphatic carbocycles. The van der Waals surface area contributed by atoms with Crippen LogP contribution in [-0.4, -0.2) is 35.6 Å². The number of aliphatic imine (C=N–C) groups is 1. The van der Waals surface area contributed by atoms with Gasteiger partial charge < -0.3 is 15.2 Å². The number of hydrogen-bond donors (Lipinski definition) is 2. The lowest BCUT2D eigenvalue weighted by molar-refractivity contribution is 0.652. The van der Waals surface area contributed by atoms with Crippen LogP contribution in [-0.2, 0) is 6.54 Å². The van der Waals surface area contributed by atoms with Crippen molar-refractivity contribution < 1.29 is 0 Å². The minimum atomic E-state index is 0.488. The van der Waals surface area contributed by atoms with E-state index in [1.54, 1.807) is 24.6 Å². The number of aromatic nitrogens is 2. The van der Waals surface area contributed by atoms with Crippen molar-refractivity contribution in [1.82, 2.24) is 20.2 Å². The molecular weight excluding hydrogens is 270 g/mol. The van der Waals surface area contributed by atoms with Crippen molar-refractivity contribution in [3.63, 3.8) is 0 Å². The molecule has 2 heterocycles. The molecule has 20 heavy (non-hydrogen) atoms. The number of imidazole rings is 1. The van der Waals surface area contributed by atoms with E-state index < -0.39 is 0 Å². The number of nitrogens with one attached hydrogen (secondary N) is 2. The highest BCUT2D eigenvalue weighted by Gasteiger charge is 2.07. The molecule has 2 aromatic rings. The van der Waals surface area contributed by atoms with E-state index >= 15 is 0 Å². The average molecular weight is 291 g/mol. The van der Waals surface area contributed by atoms with Crippen LogP contribution >= 0.6 is 11.3 Å². The first-order valence-electron chi connectivity index (χ1n) is 6.73. The fourth-order valence-electron chi connectivity index (χ4n) is 1.87. The van der Waals surface area contributed by atoms with E-state index in [2.05, 4.69) is 45.0 Å². The smallest absolute Gasteiger partial charge is 0.191 e. The minimum Gasteiger partial charge on any atom is -0.356 e. The predicted octanol–water partition coefficient (Wildman–Crippen LogP) is 1.91. The molecule has 0 bridgehead atoms. The SMILES string of the molecule is CN=C(NCCn1ccnc1)NCC(C)c1cccs1. The van der Waals surface area contributed by atoms with E-state index in [4.69, 9.17) is 0 Å². The van der Waals surface area contributed by atoms with E-state index in [0.717, 1.165) is 25.6 Å². The van der Waals surface area contributed by atoms with Crippen LogP contribution in [0.5, 0.6) is 0 Å². The topological polar surface area (TPSA) is 54.2 Å². The second-order valence-electron chi connectivity index (χ2n) is 4.60. The third-order valence-electron chi connectivity index (χ3n) is 3.05. The lowest BCUT2D eigenvalue weighted by Crippen LogP contribution is -2.40. The molecule has 0 aliphatic rings. The molecule has 0 spiro atoms. The Labute approximate surface area is 123 Å². The Morgan fingerprint density at radius 2 is 2.40 bits per heavy atom. The van der Waals surface area contributed by atoms with Gasteiger partial charge in [-0.25, -0.2) is 4.98 Å². The number of guanidine groups is 1. The molecule has 2 N–H and O–H groups in total. The molecule has 108 valence electrons. The standard InChI is InChI=1S/C14H21N5S/c1-12(13-4-3-9-20-13)10-18-14(15-2)17-6-8-19-7-5-16-11-19/h3-5,7,9,11-12H,6,8,10H2,1-2H3,(H2,15,17,18). The molecule has 0 saturated heterocycles. The summed E-state index contributed by atoms with van der Waals surface area (Å²) in [7, 11) is 1.79. The first-order valence-corrected chi connectivity index (χ1v) is 7.61. The van der Waals surface area contributed by atoms with Crippen molar-refractivity contribution >= 4 is 17.3 Å². The molecule has 1 unspecified atom stereocenters. The average Bonchev–Trinajstić information content (AvgIpc) is 3.14. The molecule has 2 aromatic heterocycles. The van der Waals surface area contributed by atoms with E-state index in [-0.39, 0.29) is 0 Å². The van der Waals surface area contributed by atoms with Crippen LogP contribution in [0.4, 0.5) is 0 Å². The van der Waals surface area contributed by atoms with Crippen LogP contribution in [0.3, 0.4) is 0 Å². The summed E-state index contributed by atoms with van der Waals surface area (Å²) in [5.41, 5.74) is 0. The second-order valence-corrected chi connectivity index (χ2v) is 5.58. The Morgan fingerprint density at radius 3 is 3.05 bits per heavy atom. The zero-order chi connectivity index (χ0) is 14.2. The molecule has 0 fully saturated rings. The quantitative estimate of drug-likeness (QED) is 0.631. The molecule has 5 nitrogen and oxygen atoms in total. The first-order chi connectivity index (χ1) is 9.79. The van der Waals surface area contributed by atoms with Gasteiger partial charge in [0.2, 0.25) is 0 Å². The highest BCUT2D eigenvalue weighted by Crippen LogP contribution is 2.19. The van der Waals surface area contributed by atoms with Gasteiger partial charge in [-0.05, 0) is 11.4 Å². The normalized spacial score (nSPS) is 13.2. The Hall–Kier alpha value is -1.82. The van der Waals surface area contributed by atoms with Crippen LogP contribution in [0.1, 0.15) is 17.7 Å². The zero-order valence-electron chi connectivity index (χ0n) is 11.9. The highest BCUT2D eigenvalue weighted by atomic mass is 32.1. The van der Waals surface area contributed by atoms with Gasteiger partial charge in [-0.1, -0.05) is 13.0 Å². The second kappa shape index (κ2) is 7.69.